The molecule has 160 valence electrons. The molecular formula is C22H38BClO4. The smallest absolute Gasteiger partial charge is 0.460 e. The highest BCUT2D eigenvalue weighted by Gasteiger charge is 2.49. The molecule has 4 nitrogen and oxygen atoms in total. The lowest BCUT2D eigenvalue weighted by molar-refractivity contribution is -0.154. The summed E-state index contributed by atoms with van der Waals surface area (Å²) in [5.41, 5.74) is -0.461. The number of hydrogen-bond acceptors (Lipinski definition) is 4. The van der Waals surface area contributed by atoms with Crippen LogP contribution in [-0.4, -0.2) is 36.2 Å². The summed E-state index contributed by atoms with van der Waals surface area (Å²) >= 11 is 6.65. The molecule has 0 bridgehead atoms. The number of carbonyl (C=O) groups is 1. The Morgan fingerprint density at radius 3 is 1.86 bits per heavy atom. The first-order chi connectivity index (χ1) is 13.3. The average molecular weight is 413 g/mol. The number of halogens is 1. The van der Waals surface area contributed by atoms with E-state index in [0.717, 1.165) is 0 Å². The summed E-state index contributed by atoms with van der Waals surface area (Å²) in [5, 5.41) is -0.313. The van der Waals surface area contributed by atoms with E-state index in [0.29, 0.717) is 24.7 Å². The highest BCUT2D eigenvalue weighted by molar-refractivity contribution is 6.59. The molecular weight excluding hydrogens is 375 g/mol. The molecule has 0 radical (unpaired) electrons. The highest BCUT2D eigenvalue weighted by atomic mass is 35.5. The number of carbonyl (C=O) groups excluding carboxylic acids is 1. The van der Waals surface area contributed by atoms with Gasteiger partial charge in [-0.05, 0) is 64.7 Å². The minimum atomic E-state index is -0.461. The van der Waals surface area contributed by atoms with Crippen molar-refractivity contribution in [1.82, 2.24) is 0 Å². The van der Waals surface area contributed by atoms with E-state index in [1.54, 1.807) is 0 Å². The summed E-state index contributed by atoms with van der Waals surface area (Å²) in [6.07, 6.45) is 14.0. The first-order valence-electron chi connectivity index (χ1n) is 11.5. The zero-order valence-corrected chi connectivity index (χ0v) is 18.7. The summed E-state index contributed by atoms with van der Waals surface area (Å²) in [6, 6.07) is 0. The molecule has 6 heteroatoms. The van der Waals surface area contributed by atoms with Gasteiger partial charge in [-0.2, -0.15) is 0 Å². The van der Waals surface area contributed by atoms with E-state index in [1.807, 2.05) is 20.8 Å². The molecule has 2 aliphatic carbocycles. The maximum Gasteiger partial charge on any atom is 0.476 e. The average Bonchev–Trinajstić information content (AvgIpc) is 3.12. The van der Waals surface area contributed by atoms with Crippen LogP contribution in [0.15, 0.2) is 0 Å². The molecule has 28 heavy (non-hydrogen) atoms. The van der Waals surface area contributed by atoms with Crippen LogP contribution in [0.5, 0.6) is 0 Å². The lowest BCUT2D eigenvalue weighted by Gasteiger charge is -2.35. The van der Waals surface area contributed by atoms with Crippen molar-refractivity contribution in [1.29, 1.82) is 0 Å². The van der Waals surface area contributed by atoms with Crippen LogP contribution in [0.4, 0.5) is 0 Å². The van der Waals surface area contributed by atoms with Gasteiger partial charge in [0.25, 0.3) is 0 Å². The summed E-state index contributed by atoms with van der Waals surface area (Å²) < 4.78 is 18.3. The molecule has 3 fully saturated rings. The normalized spacial score (nSPS) is 29.1. The maximum atomic E-state index is 12.0. The van der Waals surface area contributed by atoms with E-state index in [2.05, 4.69) is 0 Å². The van der Waals surface area contributed by atoms with Gasteiger partial charge in [-0.3, -0.25) is 4.79 Å². The molecule has 0 spiro atoms. The van der Waals surface area contributed by atoms with Crippen LogP contribution in [0.2, 0.25) is 0 Å². The van der Waals surface area contributed by atoms with E-state index in [9.17, 15) is 4.79 Å². The van der Waals surface area contributed by atoms with Gasteiger partial charge in [-0.25, -0.2) is 0 Å². The monoisotopic (exact) mass is 412 g/mol. The van der Waals surface area contributed by atoms with Crippen molar-refractivity contribution in [2.45, 2.75) is 121 Å². The van der Waals surface area contributed by atoms with Gasteiger partial charge in [0.2, 0.25) is 0 Å². The first kappa shape index (κ1) is 22.4. The molecule has 0 aromatic rings. The molecule has 3 aliphatic rings. The number of ether oxygens (including phenoxy) is 1. The molecule has 1 saturated heterocycles. The Kier molecular flexibility index (Phi) is 8.15. The third-order valence-corrected chi connectivity index (χ3v) is 6.90. The second-order valence-electron chi connectivity index (χ2n) is 10.0. The summed E-state index contributed by atoms with van der Waals surface area (Å²) in [4.78, 5) is 12.0. The molecule has 0 unspecified atom stereocenters. The molecule has 0 amide bonds. The minimum absolute atomic E-state index is 0.177. The largest absolute Gasteiger partial charge is 0.476 e. The van der Waals surface area contributed by atoms with Crippen LogP contribution in [0.1, 0.15) is 97.8 Å². The van der Waals surface area contributed by atoms with Crippen LogP contribution in [0.3, 0.4) is 0 Å². The van der Waals surface area contributed by atoms with Crippen LogP contribution in [-0.2, 0) is 18.8 Å². The second-order valence-corrected chi connectivity index (χ2v) is 10.6. The molecule has 2 saturated carbocycles. The Morgan fingerprint density at radius 1 is 0.964 bits per heavy atom. The predicted molar refractivity (Wildman–Crippen MR) is 113 cm³/mol. The van der Waals surface area contributed by atoms with Crippen LogP contribution < -0.4 is 0 Å². The first-order valence-corrected chi connectivity index (χ1v) is 11.9. The van der Waals surface area contributed by atoms with E-state index in [4.69, 9.17) is 25.6 Å². The van der Waals surface area contributed by atoms with Gasteiger partial charge in [0.1, 0.15) is 5.60 Å². The summed E-state index contributed by atoms with van der Waals surface area (Å²) in [5.74, 6) is 0.990. The van der Waals surface area contributed by atoms with E-state index >= 15 is 0 Å². The van der Waals surface area contributed by atoms with Crippen LogP contribution in [0, 0.1) is 11.8 Å². The number of rotatable bonds is 6. The van der Waals surface area contributed by atoms with Gasteiger partial charge in [0.15, 0.2) is 0 Å². The van der Waals surface area contributed by atoms with Gasteiger partial charge < -0.3 is 14.0 Å². The van der Waals surface area contributed by atoms with Gasteiger partial charge in [-0.15, -0.1) is 11.6 Å². The zero-order chi connectivity index (χ0) is 20.1. The fraction of sp³-hybridized carbons (Fsp3) is 0.955. The fourth-order valence-electron chi connectivity index (χ4n) is 5.14. The van der Waals surface area contributed by atoms with Crippen molar-refractivity contribution in [3.8, 4) is 0 Å². The maximum absolute atomic E-state index is 12.0. The predicted octanol–water partition coefficient (Wildman–Crippen LogP) is 5.69. The zero-order valence-electron chi connectivity index (χ0n) is 18.0. The van der Waals surface area contributed by atoms with Gasteiger partial charge in [0.05, 0.1) is 17.5 Å². The third kappa shape index (κ3) is 6.37. The Bertz CT molecular complexity index is 471. The lowest BCUT2D eigenvalue weighted by atomic mass is 9.77. The van der Waals surface area contributed by atoms with Crippen molar-refractivity contribution in [2.75, 3.05) is 0 Å². The minimum Gasteiger partial charge on any atom is -0.460 e. The van der Waals surface area contributed by atoms with E-state index < -0.39 is 12.7 Å². The standard InChI is InChI=1S/C22H38BClO4/c1-22(2,3)26-19(25)15-14-18(24)23-27-20(16-10-6-4-7-11-16)21(28-23)17-12-8-5-9-13-17/h16-18,20-21H,4-15H2,1-3H3/t18-,20+,21+/m0/s1. The third-order valence-electron chi connectivity index (χ3n) is 6.47. The summed E-state index contributed by atoms with van der Waals surface area (Å²) in [7, 11) is -0.400. The molecule has 0 aromatic carbocycles. The van der Waals surface area contributed by atoms with Gasteiger partial charge in [0, 0.05) is 6.42 Å². The van der Waals surface area contributed by atoms with Crippen molar-refractivity contribution < 1.29 is 18.8 Å². The van der Waals surface area contributed by atoms with Crippen molar-refractivity contribution in [3.63, 3.8) is 0 Å². The molecule has 1 heterocycles. The van der Waals surface area contributed by atoms with E-state index in [-0.39, 0.29) is 23.5 Å². The van der Waals surface area contributed by atoms with Crippen molar-refractivity contribution in [3.05, 3.63) is 0 Å². The van der Waals surface area contributed by atoms with Crippen molar-refractivity contribution in [2.24, 2.45) is 11.8 Å². The molecule has 3 atom stereocenters. The lowest BCUT2D eigenvalue weighted by Crippen LogP contribution is -2.38. The topological polar surface area (TPSA) is 44.8 Å². The Labute approximate surface area is 176 Å². The van der Waals surface area contributed by atoms with E-state index in [1.165, 1.54) is 64.2 Å². The number of hydrogen-bond donors (Lipinski definition) is 0. The second kappa shape index (κ2) is 10.2. The Hall–Kier alpha value is -0.255. The van der Waals surface area contributed by atoms with Crippen LogP contribution in [0.25, 0.3) is 0 Å². The fourth-order valence-corrected chi connectivity index (χ4v) is 5.36. The van der Waals surface area contributed by atoms with Gasteiger partial charge >= 0.3 is 13.1 Å². The summed E-state index contributed by atoms with van der Waals surface area (Å²) in [6.45, 7) is 5.65. The van der Waals surface area contributed by atoms with Crippen LogP contribution >= 0.6 is 11.6 Å². The van der Waals surface area contributed by atoms with Gasteiger partial charge in [-0.1, -0.05) is 38.5 Å². The number of esters is 1. The molecule has 0 aromatic heterocycles. The highest BCUT2D eigenvalue weighted by Crippen LogP contribution is 2.41. The SMILES string of the molecule is CC(C)(C)OC(=O)CC[C@H](Cl)B1O[C@H](C2CCCCC2)[C@@H](C2CCCCC2)O1. The quantitative estimate of drug-likeness (QED) is 0.319. The molecule has 0 N–H and O–H groups in total. The number of alkyl halides is 1. The molecule has 1 aliphatic heterocycles. The van der Waals surface area contributed by atoms with Crippen molar-refractivity contribution >= 4 is 24.7 Å². The Morgan fingerprint density at radius 2 is 1.43 bits per heavy atom. The Balaban J connectivity index is 1.57. The molecule has 3 rings (SSSR count).